The van der Waals surface area contributed by atoms with Crippen molar-refractivity contribution in [3.05, 3.63) is 95.7 Å². The molecule has 0 atom stereocenters. The standard InChI is InChI=1S/C9H11FO3S.C8H19BrOSi.C8H9FO3S.C5H10O4S.C4H8ClNO.C4H10ClN.C4H8O.C3H5BrO2.C3H7BrO.2C3H7Br.C3H3N.C3H6O2S.C2H2BrN.ClH/c1-8-2-4-9(5-3-8)14(11,12)13-7-6-10;1-8(2,3)11(4,5)10-7-6-9;1-7-2-4-8(5-3-7)13(10,11)12-6-9;1-10(7,8)9-4-5(6)2-3-5;1-6(2)4(7)3-5;1-6(2)4-3-5;1-4(2)3-5-4;1-6-3(5)2-4;1-5-3-2-4;1-3(2)4;2*1-2-3-4;1-3-6(2,4)5;1-4-2-3;/h2-5H,6-7H2,1H3;6-7H2,1-5H3;2-5H,6H2,1H3;6H,2-4H2,1H3;3H2,1-2H3;3-4H2,1-2H3;3H2,1-2H3;2H2,1H3;2-3H2,1H3;3H,1-2H3;2-3H2,1H3;2H,1H2;3H,1H2,2H3;2H2;1H. The molecule has 2 aromatic carbocycles. The Balaban J connectivity index is -0.0000000969. The molecule has 38 heteroatoms. The summed E-state index contributed by atoms with van der Waals surface area (Å²) < 4.78 is 141. The number of benzene rings is 2. The van der Waals surface area contributed by atoms with Crippen LogP contribution in [0.25, 0.3) is 4.85 Å². The largest absolute Gasteiger partial charge is 0.468 e. The third kappa shape index (κ3) is 106. The number of ether oxygens (including phenoxy) is 3. The SMILES string of the molecule is C=CC#N.C=CS(C)(=O)=O.CC(C)(C)[Si](C)(C)OCCBr.CC(C)Br.CC1(C)CO1.CCCBr.CN(C)C(=O)CCl.CN(C)CCCl.COC(=O)CBr.COCCBr.CS(=O)(=O)OCC1(O)CC1.Cc1ccc(S(=O)(=O)OCCF)cc1.Cc1ccc(S(=O)(=O)OCF)cc1.Cl.[C-]#[N+]CBr. The molecule has 0 aromatic heterocycles. The van der Waals surface area contributed by atoms with Crippen molar-refractivity contribution in [2.45, 2.75) is 132 Å². The number of nitriles is 1. The first kappa shape index (κ1) is 123. The van der Waals surface area contributed by atoms with Gasteiger partial charge in [0.2, 0.25) is 12.8 Å². The summed E-state index contributed by atoms with van der Waals surface area (Å²) in [4.78, 5) is 27.3. The number of hydrogen-bond acceptors (Lipinski definition) is 20. The number of hydrogen-bond donors (Lipinski definition) is 1. The van der Waals surface area contributed by atoms with Crippen molar-refractivity contribution in [2.75, 3.05) is 147 Å². The number of alkyl halides is 10. The normalized spacial score (nSPS) is 12.1. The Morgan fingerprint density at radius 1 is 0.820 bits per heavy atom. The van der Waals surface area contributed by atoms with E-state index in [0.717, 1.165) is 77.3 Å². The molecule has 1 heterocycles. The third-order valence-corrected chi connectivity index (χ3v) is 20.8. The average molecular weight is 1980 g/mol. The van der Waals surface area contributed by atoms with Crippen molar-refractivity contribution in [3.8, 4) is 6.07 Å². The lowest BCUT2D eigenvalue weighted by Crippen LogP contribution is -2.41. The zero-order valence-corrected chi connectivity index (χ0v) is 77.6. The number of amides is 1. The highest BCUT2D eigenvalue weighted by molar-refractivity contribution is 9.10. The number of sulfone groups is 1. The topological polar surface area (TPSA) is 293 Å². The van der Waals surface area contributed by atoms with E-state index >= 15 is 0 Å². The molecular weight excluding hydrogens is 1870 g/mol. The molecule has 22 nitrogen and oxygen atoms in total. The number of aryl methyl sites for hydroxylation is 2. The summed E-state index contributed by atoms with van der Waals surface area (Å²) in [6, 6.07) is 13.9. The van der Waals surface area contributed by atoms with Crippen molar-refractivity contribution in [2.24, 2.45) is 0 Å². The number of esters is 1. The summed E-state index contributed by atoms with van der Waals surface area (Å²) in [6.45, 7) is 38.5. The molecule has 4 rings (SSSR count). The third-order valence-electron chi connectivity index (χ3n) is 9.98. The fourth-order valence-electron chi connectivity index (χ4n) is 3.33. The van der Waals surface area contributed by atoms with Crippen LogP contribution in [-0.2, 0) is 81.0 Å². The van der Waals surface area contributed by atoms with Gasteiger partial charge in [-0.3, -0.25) is 18.0 Å². The molecule has 0 bridgehead atoms. The van der Waals surface area contributed by atoms with E-state index < -0.39 is 74.3 Å². The number of aliphatic hydroxyl groups is 1. The van der Waals surface area contributed by atoms with Gasteiger partial charge in [-0.2, -0.15) is 30.5 Å². The van der Waals surface area contributed by atoms with Crippen molar-refractivity contribution in [1.82, 2.24) is 9.80 Å². The summed E-state index contributed by atoms with van der Waals surface area (Å²) in [6.07, 6.45) is 5.77. The molecule has 1 saturated heterocycles. The van der Waals surface area contributed by atoms with Gasteiger partial charge in [0.25, 0.3) is 35.8 Å². The molecule has 594 valence electrons. The number of allylic oxidation sites excluding steroid dienone is 1. The highest BCUT2D eigenvalue weighted by Crippen LogP contribution is 2.36. The summed E-state index contributed by atoms with van der Waals surface area (Å²) in [5, 5.41) is 21.2. The van der Waals surface area contributed by atoms with Crippen LogP contribution in [0.5, 0.6) is 0 Å². The van der Waals surface area contributed by atoms with Crippen LogP contribution < -0.4 is 0 Å². The lowest BCUT2D eigenvalue weighted by Gasteiger charge is -2.35. The van der Waals surface area contributed by atoms with Gasteiger partial charge in [0.05, 0.1) is 66.9 Å². The number of halogens is 11. The number of epoxide rings is 1. The number of carbonyl (C=O) groups is 2. The van der Waals surface area contributed by atoms with Gasteiger partial charge >= 0.3 is 5.97 Å². The van der Waals surface area contributed by atoms with Gasteiger partial charge in [-0.15, -0.1) is 35.6 Å². The molecule has 2 fully saturated rings. The van der Waals surface area contributed by atoms with Crippen LogP contribution in [0.4, 0.5) is 8.78 Å². The van der Waals surface area contributed by atoms with E-state index in [1.165, 1.54) is 48.8 Å². The van der Waals surface area contributed by atoms with Gasteiger partial charge in [0.1, 0.15) is 17.9 Å². The van der Waals surface area contributed by atoms with E-state index in [0.29, 0.717) is 28.2 Å². The number of rotatable bonds is 21. The highest BCUT2D eigenvalue weighted by atomic mass is 79.9. The Kier molecular flexibility index (Phi) is 92.2. The van der Waals surface area contributed by atoms with Gasteiger partial charge in [-0.1, -0.05) is 170 Å². The maximum absolute atomic E-state index is 11.7. The van der Waals surface area contributed by atoms with E-state index in [2.05, 4.69) is 204 Å². The molecular formula is C62H113Br6Cl3F2N4O18S4Si. The maximum Gasteiger partial charge on any atom is 0.316 e. The van der Waals surface area contributed by atoms with Gasteiger partial charge in [-0.25, -0.2) is 28.0 Å². The van der Waals surface area contributed by atoms with Crippen LogP contribution in [0.1, 0.15) is 85.8 Å². The molecule has 0 spiro atoms. The monoisotopic (exact) mass is 1970 g/mol. The van der Waals surface area contributed by atoms with Crippen LogP contribution in [0.2, 0.25) is 18.1 Å². The number of nitrogens with zero attached hydrogens (tertiary/aromatic N) is 4. The summed E-state index contributed by atoms with van der Waals surface area (Å²) >= 11 is 29.4. The second-order valence-corrected chi connectivity index (χ2v) is 39.5. The lowest BCUT2D eigenvalue weighted by atomic mass is 10.2. The first-order valence-electron chi connectivity index (χ1n) is 29.3. The highest BCUT2D eigenvalue weighted by Gasteiger charge is 2.41. The lowest BCUT2D eigenvalue weighted by molar-refractivity contribution is -0.137. The first-order valence-corrected chi connectivity index (χ1v) is 46.4. The molecule has 2 aliphatic rings. The molecule has 0 radical (unpaired) electrons. The molecule has 100 heavy (non-hydrogen) atoms. The minimum atomic E-state index is -3.90. The molecule has 2 aromatic rings. The van der Waals surface area contributed by atoms with Crippen molar-refractivity contribution < 1.29 is 88.3 Å². The van der Waals surface area contributed by atoms with Crippen LogP contribution in [-0.4, -0.2) is 231 Å². The summed E-state index contributed by atoms with van der Waals surface area (Å²) in [5.41, 5.74) is 1.71. The smallest absolute Gasteiger partial charge is 0.316 e. The number of carbonyl (C=O) groups excluding carboxylic acids is 2. The molecule has 0 unspecified atom stereocenters. The van der Waals surface area contributed by atoms with Gasteiger partial charge in [0.15, 0.2) is 18.2 Å². The second kappa shape index (κ2) is 75.0. The predicted octanol–water partition coefficient (Wildman–Crippen LogP) is 15.8. The average Bonchev–Trinajstić information content (AvgIpc) is 1.40. The fourth-order valence-corrected chi connectivity index (χ4v) is 8.01. The fraction of sp³-hybridized carbons (Fsp3) is 0.677. The van der Waals surface area contributed by atoms with Crippen molar-refractivity contribution >= 4 is 192 Å². The van der Waals surface area contributed by atoms with Crippen molar-refractivity contribution in [3.63, 3.8) is 0 Å². The second-order valence-electron chi connectivity index (χ2n) is 21.9. The van der Waals surface area contributed by atoms with Crippen LogP contribution >= 0.6 is 131 Å². The Morgan fingerprint density at radius 2 is 1.18 bits per heavy atom. The van der Waals surface area contributed by atoms with E-state index in [9.17, 15) is 52.0 Å². The minimum absolute atomic E-state index is 0. The van der Waals surface area contributed by atoms with Gasteiger partial charge in [0, 0.05) is 94.7 Å². The zero-order valence-electron chi connectivity index (χ0n) is 61.5. The van der Waals surface area contributed by atoms with Crippen LogP contribution in [0, 0.1) is 31.8 Å². The Hall–Kier alpha value is -0.853. The Labute approximate surface area is 669 Å². The van der Waals surface area contributed by atoms with Crippen LogP contribution in [0.3, 0.4) is 0 Å². The maximum atomic E-state index is 11.7. The first-order chi connectivity index (χ1) is 45.3. The van der Waals surface area contributed by atoms with Crippen molar-refractivity contribution in [1.29, 1.82) is 5.26 Å². The van der Waals surface area contributed by atoms with Crippen LogP contribution in [0.15, 0.2) is 83.0 Å². The van der Waals surface area contributed by atoms with Gasteiger partial charge in [-0.05, 0) is 103 Å². The van der Waals surface area contributed by atoms with E-state index in [1.807, 2.05) is 32.8 Å². The summed E-state index contributed by atoms with van der Waals surface area (Å²) in [7, 11) is -5.03. The molecule has 1 N–H and O–H groups in total. The van der Waals surface area contributed by atoms with Gasteiger partial charge < -0.3 is 38.4 Å². The molecule has 1 aliphatic heterocycles. The Bertz CT molecular complexity index is 2820. The molecule has 1 amide bonds. The predicted molar refractivity (Wildman–Crippen MR) is 434 cm³/mol. The minimum Gasteiger partial charge on any atom is -0.468 e. The van der Waals surface area contributed by atoms with E-state index in [-0.39, 0.29) is 57.5 Å². The summed E-state index contributed by atoms with van der Waals surface area (Å²) in [5.74, 6) is 0.511. The molecule has 1 aliphatic carbocycles. The van der Waals surface area contributed by atoms with E-state index in [1.54, 1.807) is 51.5 Å². The molecule has 1 saturated carbocycles. The van der Waals surface area contributed by atoms with E-state index in [4.69, 9.17) is 49.3 Å². The zero-order chi connectivity index (χ0) is 80.4. The quantitative estimate of drug-likeness (QED) is 0.0177. The number of methoxy groups -OCH3 is 2. The Morgan fingerprint density at radius 3 is 1.33 bits per heavy atom.